The summed E-state index contributed by atoms with van der Waals surface area (Å²) in [5.41, 5.74) is 4.25. The van der Waals surface area contributed by atoms with Gasteiger partial charge in [0.1, 0.15) is 5.75 Å². The van der Waals surface area contributed by atoms with Gasteiger partial charge in [-0.15, -0.1) is 6.42 Å². The van der Waals surface area contributed by atoms with Crippen LogP contribution >= 0.6 is 0 Å². The normalized spacial score (nSPS) is 32.6. The number of hydrogen-bond donors (Lipinski definition) is 1. The molecular formula is C22H27NO. The summed E-state index contributed by atoms with van der Waals surface area (Å²) in [4.78, 5) is 2.66. The van der Waals surface area contributed by atoms with Gasteiger partial charge < -0.3 is 5.11 Å². The molecule has 126 valence electrons. The lowest BCUT2D eigenvalue weighted by atomic mass is 9.52. The summed E-state index contributed by atoms with van der Waals surface area (Å²) in [7, 11) is 0. The van der Waals surface area contributed by atoms with E-state index in [0.29, 0.717) is 17.2 Å². The highest BCUT2D eigenvalue weighted by molar-refractivity contribution is 5.45. The molecule has 2 aliphatic carbocycles. The lowest BCUT2D eigenvalue weighted by molar-refractivity contribution is -0.00526. The SMILES string of the molecule is C#C/C(C)=C/CN1CC[C@@]23CCCC[C@H]2[C@H]1Cc1ccc(O)cc13. The Morgan fingerprint density at radius 3 is 3.12 bits per heavy atom. The van der Waals surface area contributed by atoms with Crippen molar-refractivity contribution in [2.24, 2.45) is 5.92 Å². The van der Waals surface area contributed by atoms with E-state index in [-0.39, 0.29) is 0 Å². The molecule has 1 N–H and O–H groups in total. The van der Waals surface area contributed by atoms with Crippen molar-refractivity contribution in [2.45, 2.75) is 56.9 Å². The quantitative estimate of drug-likeness (QED) is 0.831. The Kier molecular flexibility index (Phi) is 3.93. The summed E-state index contributed by atoms with van der Waals surface area (Å²) in [5.74, 6) is 3.91. The second-order valence-corrected chi connectivity index (χ2v) is 7.90. The van der Waals surface area contributed by atoms with Crippen LogP contribution in [0.25, 0.3) is 0 Å². The van der Waals surface area contributed by atoms with Gasteiger partial charge in [-0.05, 0) is 73.9 Å². The van der Waals surface area contributed by atoms with Crippen molar-refractivity contribution < 1.29 is 5.11 Å². The molecule has 1 aromatic rings. The van der Waals surface area contributed by atoms with Gasteiger partial charge in [-0.25, -0.2) is 0 Å². The Morgan fingerprint density at radius 2 is 2.29 bits per heavy atom. The number of terminal acetylenes is 1. The fraction of sp³-hybridized carbons (Fsp3) is 0.545. The standard InChI is InChI=1S/C22H27NO/c1-3-16(2)9-12-23-13-11-22-10-5-4-6-19(22)21(23)14-17-7-8-18(24)15-20(17)22/h1,7-9,15,19,21,24H,4-6,10-14H2,2H3/b16-9+/t19-,21+,22-/m0/s1. The highest BCUT2D eigenvalue weighted by Crippen LogP contribution is 2.56. The Balaban J connectivity index is 1.72. The fourth-order valence-electron chi connectivity index (χ4n) is 5.61. The van der Waals surface area contributed by atoms with Crippen LogP contribution in [-0.2, 0) is 11.8 Å². The summed E-state index contributed by atoms with van der Waals surface area (Å²) in [6.45, 7) is 4.14. The number of nitrogens with zero attached hydrogens (tertiary/aromatic N) is 1. The molecule has 2 nitrogen and oxygen atoms in total. The van der Waals surface area contributed by atoms with Crippen LogP contribution in [0.4, 0.5) is 0 Å². The zero-order valence-electron chi connectivity index (χ0n) is 14.6. The molecule has 0 unspecified atom stereocenters. The van der Waals surface area contributed by atoms with Crippen LogP contribution in [-0.4, -0.2) is 29.1 Å². The first kappa shape index (κ1) is 15.8. The van der Waals surface area contributed by atoms with Gasteiger partial charge in [0, 0.05) is 18.0 Å². The maximum atomic E-state index is 10.1. The number of phenolic OH excluding ortho intramolecular Hbond substituents is 1. The number of piperidine rings is 1. The highest BCUT2D eigenvalue weighted by Gasteiger charge is 2.53. The van der Waals surface area contributed by atoms with E-state index in [1.807, 2.05) is 13.0 Å². The third-order valence-corrected chi connectivity index (χ3v) is 6.79. The van der Waals surface area contributed by atoms with E-state index in [0.717, 1.165) is 31.0 Å². The van der Waals surface area contributed by atoms with Gasteiger partial charge >= 0.3 is 0 Å². The van der Waals surface area contributed by atoms with E-state index in [1.165, 1.54) is 43.2 Å². The Labute approximate surface area is 145 Å². The van der Waals surface area contributed by atoms with E-state index in [2.05, 4.69) is 29.0 Å². The van der Waals surface area contributed by atoms with E-state index < -0.39 is 0 Å². The molecule has 0 spiro atoms. The van der Waals surface area contributed by atoms with Crippen molar-refractivity contribution >= 4 is 0 Å². The average Bonchev–Trinajstić information content (AvgIpc) is 2.61. The summed E-state index contributed by atoms with van der Waals surface area (Å²) < 4.78 is 0. The molecule has 3 aliphatic rings. The van der Waals surface area contributed by atoms with Gasteiger partial charge in [-0.2, -0.15) is 0 Å². The number of aromatic hydroxyl groups is 1. The number of hydrogen-bond acceptors (Lipinski definition) is 2. The van der Waals surface area contributed by atoms with Gasteiger partial charge in [-0.3, -0.25) is 4.90 Å². The molecule has 1 heterocycles. The third-order valence-electron chi connectivity index (χ3n) is 6.79. The number of fused-ring (bicyclic) bond motifs is 1. The molecule has 0 aromatic heterocycles. The first-order valence-corrected chi connectivity index (χ1v) is 9.34. The molecule has 0 radical (unpaired) electrons. The Bertz CT molecular complexity index is 713. The lowest BCUT2D eigenvalue weighted by Crippen LogP contribution is -2.60. The highest BCUT2D eigenvalue weighted by atomic mass is 16.3. The maximum absolute atomic E-state index is 10.1. The van der Waals surface area contributed by atoms with Crippen LogP contribution in [0.15, 0.2) is 29.8 Å². The van der Waals surface area contributed by atoms with Crippen molar-refractivity contribution in [3.8, 4) is 18.1 Å². The number of likely N-dealkylation sites (tertiary alicyclic amines) is 1. The van der Waals surface area contributed by atoms with Gasteiger partial charge in [-0.1, -0.05) is 30.9 Å². The van der Waals surface area contributed by atoms with Crippen LogP contribution in [0.2, 0.25) is 0 Å². The van der Waals surface area contributed by atoms with Crippen molar-refractivity contribution in [2.75, 3.05) is 13.1 Å². The molecule has 24 heavy (non-hydrogen) atoms. The van der Waals surface area contributed by atoms with Crippen molar-refractivity contribution in [1.82, 2.24) is 4.90 Å². The van der Waals surface area contributed by atoms with Crippen molar-refractivity contribution in [1.29, 1.82) is 0 Å². The molecule has 1 aromatic carbocycles. The minimum absolute atomic E-state index is 0.302. The molecular weight excluding hydrogens is 294 g/mol. The Hall–Kier alpha value is -1.72. The smallest absolute Gasteiger partial charge is 0.115 e. The largest absolute Gasteiger partial charge is 0.508 e. The summed E-state index contributed by atoms with van der Waals surface area (Å²) in [6, 6.07) is 6.72. The number of allylic oxidation sites excluding steroid dienone is 1. The van der Waals surface area contributed by atoms with Crippen LogP contribution in [0.1, 0.15) is 50.2 Å². The van der Waals surface area contributed by atoms with E-state index in [9.17, 15) is 5.11 Å². The third kappa shape index (κ3) is 2.38. The van der Waals surface area contributed by atoms with Gasteiger partial charge in [0.05, 0.1) is 0 Å². The molecule has 2 fully saturated rings. The second kappa shape index (κ2) is 5.97. The molecule has 1 saturated heterocycles. The number of rotatable bonds is 2. The molecule has 0 amide bonds. The fourth-order valence-corrected chi connectivity index (χ4v) is 5.61. The van der Waals surface area contributed by atoms with E-state index >= 15 is 0 Å². The first-order valence-electron chi connectivity index (χ1n) is 9.34. The minimum Gasteiger partial charge on any atom is -0.508 e. The van der Waals surface area contributed by atoms with Crippen LogP contribution < -0.4 is 0 Å². The van der Waals surface area contributed by atoms with E-state index in [4.69, 9.17) is 6.42 Å². The summed E-state index contributed by atoms with van der Waals surface area (Å²) in [6.07, 6.45) is 15.3. The van der Waals surface area contributed by atoms with Gasteiger partial charge in [0.25, 0.3) is 0 Å². The molecule has 2 bridgehead atoms. The number of benzene rings is 1. The summed E-state index contributed by atoms with van der Waals surface area (Å²) >= 11 is 0. The predicted octanol–water partition coefficient (Wildman–Crippen LogP) is 4.03. The zero-order valence-corrected chi connectivity index (χ0v) is 14.6. The molecule has 2 heteroatoms. The van der Waals surface area contributed by atoms with Crippen LogP contribution in [0.3, 0.4) is 0 Å². The topological polar surface area (TPSA) is 23.5 Å². The monoisotopic (exact) mass is 321 g/mol. The first-order chi connectivity index (χ1) is 11.6. The van der Waals surface area contributed by atoms with Gasteiger partial charge in [0.15, 0.2) is 0 Å². The van der Waals surface area contributed by atoms with Crippen molar-refractivity contribution in [3.63, 3.8) is 0 Å². The molecule has 4 rings (SSSR count). The molecule has 1 aliphatic heterocycles. The zero-order chi connectivity index (χ0) is 16.7. The van der Waals surface area contributed by atoms with Crippen molar-refractivity contribution in [3.05, 3.63) is 41.0 Å². The lowest BCUT2D eigenvalue weighted by Gasteiger charge is -2.59. The van der Waals surface area contributed by atoms with Crippen LogP contribution in [0, 0.1) is 18.3 Å². The minimum atomic E-state index is 0.302. The maximum Gasteiger partial charge on any atom is 0.115 e. The van der Waals surface area contributed by atoms with Crippen LogP contribution in [0.5, 0.6) is 5.75 Å². The van der Waals surface area contributed by atoms with E-state index in [1.54, 1.807) is 0 Å². The average molecular weight is 321 g/mol. The van der Waals surface area contributed by atoms with Gasteiger partial charge in [0.2, 0.25) is 0 Å². The molecule has 1 saturated carbocycles. The predicted molar refractivity (Wildman–Crippen MR) is 98.0 cm³/mol. The summed E-state index contributed by atoms with van der Waals surface area (Å²) in [5, 5.41) is 10.1. The second-order valence-electron chi connectivity index (χ2n) is 7.90. The number of phenols is 1. The molecule has 3 atom stereocenters. The Morgan fingerprint density at radius 1 is 1.42 bits per heavy atom.